The number of rotatable bonds is 7. The molecule has 0 saturated heterocycles. The average molecular weight is 274 g/mol. The molecule has 6 heteroatoms. The number of hydrogen-bond acceptors (Lipinski definition) is 4. The van der Waals surface area contributed by atoms with Crippen LogP contribution in [0, 0.1) is 0 Å². The molecule has 1 aromatic heterocycles. The van der Waals surface area contributed by atoms with Gasteiger partial charge in [0.15, 0.2) is 0 Å². The number of aromatic amines is 1. The summed E-state index contributed by atoms with van der Waals surface area (Å²) in [5.74, 6) is -0.143. The van der Waals surface area contributed by atoms with E-state index in [1.165, 1.54) is 0 Å². The Labute approximate surface area is 117 Å². The molecule has 0 bridgehead atoms. The molecule has 0 fully saturated rings. The van der Waals surface area contributed by atoms with Crippen molar-refractivity contribution in [3.8, 4) is 11.3 Å². The van der Waals surface area contributed by atoms with Crippen molar-refractivity contribution in [2.45, 2.75) is 6.54 Å². The first-order valence-electron chi connectivity index (χ1n) is 6.43. The van der Waals surface area contributed by atoms with E-state index in [0.717, 1.165) is 16.8 Å². The zero-order chi connectivity index (χ0) is 14.2. The molecule has 0 atom stereocenters. The maximum Gasteiger partial charge on any atom is 0.246 e. The standard InChI is InChI=1S/C14H18N4O2/c15-6-8-20-10-14(19)16-9-11-1-3-12(4-2-11)13-5-7-17-18-13/h1-5,7H,6,8-10,15H2,(H,16,19)(H,17,18). The predicted octanol–water partition coefficient (Wildman–Crippen LogP) is 0.668. The molecule has 0 aliphatic carbocycles. The lowest BCUT2D eigenvalue weighted by atomic mass is 10.1. The summed E-state index contributed by atoms with van der Waals surface area (Å²) in [6.07, 6.45) is 1.71. The van der Waals surface area contributed by atoms with E-state index in [1.54, 1.807) is 6.20 Å². The Morgan fingerprint density at radius 1 is 1.30 bits per heavy atom. The van der Waals surface area contributed by atoms with Crippen molar-refractivity contribution in [1.29, 1.82) is 0 Å². The zero-order valence-electron chi connectivity index (χ0n) is 11.1. The topological polar surface area (TPSA) is 93.0 Å². The zero-order valence-corrected chi connectivity index (χ0v) is 11.1. The fourth-order valence-corrected chi connectivity index (χ4v) is 1.72. The van der Waals surface area contributed by atoms with Crippen LogP contribution in [0.1, 0.15) is 5.56 Å². The van der Waals surface area contributed by atoms with Crippen LogP contribution in [0.25, 0.3) is 11.3 Å². The van der Waals surface area contributed by atoms with E-state index < -0.39 is 0 Å². The number of hydrogen-bond donors (Lipinski definition) is 3. The van der Waals surface area contributed by atoms with Crippen molar-refractivity contribution in [2.75, 3.05) is 19.8 Å². The van der Waals surface area contributed by atoms with Gasteiger partial charge in [-0.15, -0.1) is 0 Å². The molecule has 0 spiro atoms. The minimum absolute atomic E-state index is 0.0451. The molecule has 0 saturated carbocycles. The van der Waals surface area contributed by atoms with Crippen LogP contribution in [-0.4, -0.2) is 35.9 Å². The molecule has 2 rings (SSSR count). The fraction of sp³-hybridized carbons (Fsp3) is 0.286. The highest BCUT2D eigenvalue weighted by Gasteiger charge is 2.02. The van der Waals surface area contributed by atoms with Crippen molar-refractivity contribution in [3.05, 3.63) is 42.1 Å². The van der Waals surface area contributed by atoms with Gasteiger partial charge in [-0.1, -0.05) is 24.3 Å². The van der Waals surface area contributed by atoms with Gasteiger partial charge in [0.1, 0.15) is 6.61 Å². The lowest BCUT2D eigenvalue weighted by Gasteiger charge is -2.06. The van der Waals surface area contributed by atoms with Gasteiger partial charge in [0.25, 0.3) is 0 Å². The monoisotopic (exact) mass is 274 g/mol. The number of nitrogens with two attached hydrogens (primary N) is 1. The van der Waals surface area contributed by atoms with E-state index in [9.17, 15) is 4.79 Å². The molecule has 4 N–H and O–H groups in total. The van der Waals surface area contributed by atoms with Gasteiger partial charge in [0, 0.05) is 19.3 Å². The van der Waals surface area contributed by atoms with Crippen LogP contribution in [0.5, 0.6) is 0 Å². The molecule has 6 nitrogen and oxygen atoms in total. The molecule has 0 unspecified atom stereocenters. The molecule has 1 amide bonds. The molecule has 106 valence electrons. The lowest BCUT2D eigenvalue weighted by molar-refractivity contribution is -0.125. The van der Waals surface area contributed by atoms with E-state index >= 15 is 0 Å². The molecule has 0 radical (unpaired) electrons. The smallest absolute Gasteiger partial charge is 0.246 e. The fourth-order valence-electron chi connectivity index (χ4n) is 1.72. The highest BCUT2D eigenvalue weighted by Crippen LogP contribution is 2.16. The van der Waals surface area contributed by atoms with E-state index in [-0.39, 0.29) is 12.5 Å². The first kappa shape index (κ1) is 14.2. The van der Waals surface area contributed by atoms with E-state index in [4.69, 9.17) is 10.5 Å². The van der Waals surface area contributed by atoms with Gasteiger partial charge in [0.05, 0.1) is 12.3 Å². The van der Waals surface area contributed by atoms with Crippen LogP contribution in [0.15, 0.2) is 36.5 Å². The largest absolute Gasteiger partial charge is 0.370 e. The summed E-state index contributed by atoms with van der Waals surface area (Å²) in [5.41, 5.74) is 8.33. The predicted molar refractivity (Wildman–Crippen MR) is 75.7 cm³/mol. The number of ether oxygens (including phenoxy) is 1. The maximum absolute atomic E-state index is 11.5. The number of nitrogens with zero attached hydrogens (tertiary/aromatic N) is 1. The molecule has 0 aliphatic rings. The van der Waals surface area contributed by atoms with E-state index in [0.29, 0.717) is 19.7 Å². The summed E-state index contributed by atoms with van der Waals surface area (Å²) in [4.78, 5) is 11.5. The van der Waals surface area contributed by atoms with Crippen molar-refractivity contribution < 1.29 is 9.53 Å². The number of carbonyl (C=O) groups is 1. The van der Waals surface area contributed by atoms with Crippen LogP contribution in [0.3, 0.4) is 0 Å². The summed E-state index contributed by atoms with van der Waals surface area (Å²) in [5, 5.41) is 9.60. The van der Waals surface area contributed by atoms with E-state index in [2.05, 4.69) is 15.5 Å². The minimum Gasteiger partial charge on any atom is -0.370 e. The summed E-state index contributed by atoms with van der Waals surface area (Å²) in [6, 6.07) is 9.82. The number of amides is 1. The van der Waals surface area contributed by atoms with Crippen LogP contribution in [0.2, 0.25) is 0 Å². The van der Waals surface area contributed by atoms with Crippen LogP contribution in [0.4, 0.5) is 0 Å². The van der Waals surface area contributed by atoms with Gasteiger partial charge >= 0.3 is 0 Å². The van der Waals surface area contributed by atoms with Gasteiger partial charge in [-0.3, -0.25) is 9.89 Å². The molecular weight excluding hydrogens is 256 g/mol. The van der Waals surface area contributed by atoms with Gasteiger partial charge in [-0.2, -0.15) is 5.10 Å². The van der Waals surface area contributed by atoms with Gasteiger partial charge in [-0.25, -0.2) is 0 Å². The number of aromatic nitrogens is 2. The minimum atomic E-state index is -0.143. The maximum atomic E-state index is 11.5. The quantitative estimate of drug-likeness (QED) is 0.647. The number of nitrogens with one attached hydrogen (secondary N) is 2. The van der Waals surface area contributed by atoms with E-state index in [1.807, 2.05) is 30.3 Å². The SMILES string of the molecule is NCCOCC(=O)NCc1ccc(-c2ccn[nH]2)cc1. The van der Waals surface area contributed by atoms with Crippen LogP contribution < -0.4 is 11.1 Å². The van der Waals surface area contributed by atoms with Crippen LogP contribution in [-0.2, 0) is 16.1 Å². The molecule has 1 aromatic carbocycles. The third-order valence-electron chi connectivity index (χ3n) is 2.75. The summed E-state index contributed by atoms with van der Waals surface area (Å²) in [6.45, 7) is 1.34. The van der Waals surface area contributed by atoms with Gasteiger partial charge in [-0.05, 0) is 17.2 Å². The van der Waals surface area contributed by atoms with Crippen LogP contribution >= 0.6 is 0 Å². The molecule has 20 heavy (non-hydrogen) atoms. The Morgan fingerprint density at radius 2 is 2.10 bits per heavy atom. The Balaban J connectivity index is 1.81. The Kier molecular flexibility index (Phi) is 5.28. The molecule has 0 aliphatic heterocycles. The number of carbonyl (C=O) groups excluding carboxylic acids is 1. The molecule has 1 heterocycles. The lowest BCUT2D eigenvalue weighted by Crippen LogP contribution is -2.28. The molecule has 2 aromatic rings. The average Bonchev–Trinajstić information content (AvgIpc) is 3.00. The number of benzene rings is 1. The highest BCUT2D eigenvalue weighted by molar-refractivity contribution is 5.77. The first-order chi connectivity index (χ1) is 9.79. The second kappa shape index (κ2) is 7.42. The first-order valence-corrected chi connectivity index (χ1v) is 6.43. The van der Waals surface area contributed by atoms with Gasteiger partial charge in [0.2, 0.25) is 5.91 Å². The second-order valence-corrected chi connectivity index (χ2v) is 4.29. The number of H-pyrrole nitrogens is 1. The third-order valence-corrected chi connectivity index (χ3v) is 2.75. The van der Waals surface area contributed by atoms with Crippen molar-refractivity contribution in [3.63, 3.8) is 0 Å². The summed E-state index contributed by atoms with van der Waals surface area (Å²) < 4.78 is 5.05. The van der Waals surface area contributed by atoms with Crippen molar-refractivity contribution in [2.24, 2.45) is 5.73 Å². The summed E-state index contributed by atoms with van der Waals surface area (Å²) >= 11 is 0. The Hall–Kier alpha value is -2.18. The van der Waals surface area contributed by atoms with Crippen molar-refractivity contribution in [1.82, 2.24) is 15.5 Å². The van der Waals surface area contributed by atoms with Crippen molar-refractivity contribution >= 4 is 5.91 Å². The Bertz CT molecular complexity index is 523. The highest BCUT2D eigenvalue weighted by atomic mass is 16.5. The third kappa shape index (κ3) is 4.18. The second-order valence-electron chi connectivity index (χ2n) is 4.29. The normalized spacial score (nSPS) is 10.4. The van der Waals surface area contributed by atoms with Gasteiger partial charge < -0.3 is 15.8 Å². The summed E-state index contributed by atoms with van der Waals surface area (Å²) in [7, 11) is 0. The Morgan fingerprint density at radius 3 is 2.75 bits per heavy atom. The molecular formula is C14H18N4O2.